The van der Waals surface area contributed by atoms with Crippen LogP contribution in [0.3, 0.4) is 0 Å². The number of hydrogen-bond acceptors (Lipinski definition) is 3. The Morgan fingerprint density at radius 1 is 1.14 bits per heavy atom. The smallest absolute Gasteiger partial charge is 0.211 e. The van der Waals surface area contributed by atoms with Gasteiger partial charge in [-0.2, -0.15) is 5.10 Å². The zero-order valence-corrected chi connectivity index (χ0v) is 11.2. The number of ether oxygens (including phenoxy) is 1. The van der Waals surface area contributed by atoms with Crippen molar-refractivity contribution in [3.05, 3.63) is 65.5 Å². The molecule has 0 spiro atoms. The van der Waals surface area contributed by atoms with Gasteiger partial charge in [-0.3, -0.25) is 0 Å². The maximum Gasteiger partial charge on any atom is 0.211 e. The van der Waals surface area contributed by atoms with E-state index in [9.17, 15) is 4.39 Å². The molecule has 0 amide bonds. The summed E-state index contributed by atoms with van der Waals surface area (Å²) < 4.78 is 18.6. The molecule has 0 aliphatic rings. The predicted octanol–water partition coefficient (Wildman–Crippen LogP) is 2.01. The van der Waals surface area contributed by atoms with Gasteiger partial charge in [0.05, 0.1) is 6.21 Å². The van der Waals surface area contributed by atoms with Crippen LogP contribution in [0.15, 0.2) is 58.7 Å². The summed E-state index contributed by atoms with van der Waals surface area (Å²) in [5.41, 5.74) is 12.1. The Kier molecular flexibility index (Phi) is 4.87. The topological polar surface area (TPSA) is 86.0 Å². The molecule has 0 atom stereocenters. The van der Waals surface area contributed by atoms with E-state index in [1.165, 1.54) is 18.3 Å². The van der Waals surface area contributed by atoms with Gasteiger partial charge >= 0.3 is 0 Å². The molecule has 0 aliphatic carbocycles. The van der Waals surface area contributed by atoms with Gasteiger partial charge in [-0.05, 0) is 17.7 Å². The van der Waals surface area contributed by atoms with Crippen molar-refractivity contribution < 1.29 is 9.13 Å². The van der Waals surface area contributed by atoms with Crippen LogP contribution in [-0.4, -0.2) is 12.2 Å². The molecule has 5 nitrogen and oxygen atoms in total. The quantitative estimate of drug-likeness (QED) is 0.501. The Bertz CT molecular complexity index is 666. The molecular formula is C15H15FN4O. The Hall–Kier alpha value is -2.89. The molecule has 0 saturated carbocycles. The van der Waals surface area contributed by atoms with Gasteiger partial charge in [-0.1, -0.05) is 30.3 Å². The average Bonchev–Trinajstić information content (AvgIpc) is 2.46. The lowest BCUT2D eigenvalue weighted by atomic mass is 10.1. The van der Waals surface area contributed by atoms with Gasteiger partial charge in [0.15, 0.2) is 0 Å². The van der Waals surface area contributed by atoms with Crippen LogP contribution in [0.2, 0.25) is 0 Å². The van der Waals surface area contributed by atoms with Gasteiger partial charge in [-0.15, -0.1) is 5.10 Å². The van der Waals surface area contributed by atoms with Crippen LogP contribution in [0.5, 0.6) is 5.75 Å². The fraction of sp³-hybridized carbons (Fsp3) is 0.0667. The highest BCUT2D eigenvalue weighted by molar-refractivity contribution is 5.83. The number of hydrogen-bond donors (Lipinski definition) is 2. The van der Waals surface area contributed by atoms with Crippen molar-refractivity contribution in [1.29, 1.82) is 0 Å². The normalized spacial score (nSPS) is 10.5. The molecule has 0 aromatic heterocycles. The van der Waals surface area contributed by atoms with E-state index in [2.05, 4.69) is 10.2 Å². The van der Waals surface area contributed by atoms with Crippen LogP contribution >= 0.6 is 0 Å². The molecule has 108 valence electrons. The third-order valence-corrected chi connectivity index (χ3v) is 2.62. The summed E-state index contributed by atoms with van der Waals surface area (Å²) in [6, 6.07) is 13.5. The summed E-state index contributed by atoms with van der Waals surface area (Å²) in [5, 5.41) is 7.31. The summed E-state index contributed by atoms with van der Waals surface area (Å²) in [5.74, 6) is 0.0146. The fourth-order valence-corrected chi connectivity index (χ4v) is 1.67. The highest BCUT2D eigenvalue weighted by atomic mass is 19.1. The van der Waals surface area contributed by atoms with Gasteiger partial charge in [0.25, 0.3) is 0 Å². The summed E-state index contributed by atoms with van der Waals surface area (Å²) in [4.78, 5) is 0. The Morgan fingerprint density at radius 2 is 1.95 bits per heavy atom. The standard InChI is InChI=1S/C15H15FN4O/c16-13-6-3-7-14(8-13)21-10-12-5-2-1-4-11(12)9-19-20-15(17)18/h1-9H,10H2,(H4,17,18,20). The third kappa shape index (κ3) is 4.61. The summed E-state index contributed by atoms with van der Waals surface area (Å²) >= 11 is 0. The molecule has 21 heavy (non-hydrogen) atoms. The van der Waals surface area contributed by atoms with E-state index in [0.717, 1.165) is 11.1 Å². The van der Waals surface area contributed by atoms with E-state index in [0.29, 0.717) is 5.75 Å². The third-order valence-electron chi connectivity index (χ3n) is 2.62. The Morgan fingerprint density at radius 3 is 2.71 bits per heavy atom. The van der Waals surface area contributed by atoms with Gasteiger partial charge < -0.3 is 16.2 Å². The highest BCUT2D eigenvalue weighted by Crippen LogP contribution is 2.15. The zero-order valence-electron chi connectivity index (χ0n) is 11.2. The first kappa shape index (κ1) is 14.5. The van der Waals surface area contributed by atoms with Crippen molar-refractivity contribution in [2.45, 2.75) is 6.61 Å². The molecule has 0 bridgehead atoms. The monoisotopic (exact) mass is 286 g/mol. The van der Waals surface area contributed by atoms with Gasteiger partial charge in [0.1, 0.15) is 18.2 Å². The molecule has 2 rings (SSSR count). The lowest BCUT2D eigenvalue weighted by Crippen LogP contribution is -2.21. The second kappa shape index (κ2) is 7.04. The highest BCUT2D eigenvalue weighted by Gasteiger charge is 2.02. The number of rotatable bonds is 5. The first-order valence-corrected chi connectivity index (χ1v) is 6.23. The molecule has 0 saturated heterocycles. The van der Waals surface area contributed by atoms with Crippen LogP contribution in [0.25, 0.3) is 0 Å². The molecule has 2 aromatic rings. The van der Waals surface area contributed by atoms with E-state index >= 15 is 0 Å². The number of benzene rings is 2. The molecular weight excluding hydrogens is 271 g/mol. The van der Waals surface area contributed by atoms with E-state index in [4.69, 9.17) is 16.2 Å². The second-order valence-electron chi connectivity index (χ2n) is 4.21. The molecule has 0 aliphatic heterocycles. The first-order chi connectivity index (χ1) is 10.1. The zero-order chi connectivity index (χ0) is 15.1. The molecule has 0 radical (unpaired) electrons. The van der Waals surface area contributed by atoms with E-state index < -0.39 is 0 Å². The SMILES string of the molecule is NC(N)=NN=Cc1ccccc1COc1cccc(F)c1. The number of nitrogens with zero attached hydrogens (tertiary/aromatic N) is 2. The predicted molar refractivity (Wildman–Crippen MR) is 80.6 cm³/mol. The lowest BCUT2D eigenvalue weighted by molar-refractivity contribution is 0.304. The fourth-order valence-electron chi connectivity index (χ4n) is 1.67. The maximum absolute atomic E-state index is 13.1. The average molecular weight is 286 g/mol. The van der Waals surface area contributed by atoms with Crippen LogP contribution in [-0.2, 0) is 6.61 Å². The molecule has 0 heterocycles. The van der Waals surface area contributed by atoms with Crippen molar-refractivity contribution in [2.24, 2.45) is 21.7 Å². The lowest BCUT2D eigenvalue weighted by Gasteiger charge is -2.08. The van der Waals surface area contributed by atoms with Crippen molar-refractivity contribution in [1.82, 2.24) is 0 Å². The van der Waals surface area contributed by atoms with Crippen LogP contribution < -0.4 is 16.2 Å². The van der Waals surface area contributed by atoms with E-state index in [-0.39, 0.29) is 18.4 Å². The van der Waals surface area contributed by atoms with Crippen LogP contribution in [0.1, 0.15) is 11.1 Å². The Labute approximate surface area is 121 Å². The largest absolute Gasteiger partial charge is 0.489 e. The molecule has 0 unspecified atom stereocenters. The first-order valence-electron chi connectivity index (χ1n) is 6.23. The number of nitrogens with two attached hydrogens (primary N) is 2. The maximum atomic E-state index is 13.1. The van der Waals surface area contributed by atoms with Crippen LogP contribution in [0.4, 0.5) is 4.39 Å². The number of guanidine groups is 1. The van der Waals surface area contributed by atoms with Crippen molar-refractivity contribution in [3.63, 3.8) is 0 Å². The minimum absolute atomic E-state index is 0.111. The minimum atomic E-state index is -0.338. The minimum Gasteiger partial charge on any atom is -0.489 e. The van der Waals surface area contributed by atoms with Crippen LogP contribution in [0, 0.1) is 5.82 Å². The molecule has 6 heteroatoms. The van der Waals surface area contributed by atoms with E-state index in [1.807, 2.05) is 24.3 Å². The molecule has 2 aromatic carbocycles. The molecule has 4 N–H and O–H groups in total. The summed E-state index contributed by atoms with van der Waals surface area (Å²) in [7, 11) is 0. The summed E-state index contributed by atoms with van der Waals surface area (Å²) in [6.07, 6.45) is 1.53. The van der Waals surface area contributed by atoms with Gasteiger partial charge in [-0.25, -0.2) is 4.39 Å². The van der Waals surface area contributed by atoms with Crippen molar-refractivity contribution in [3.8, 4) is 5.75 Å². The Balaban J connectivity index is 2.10. The van der Waals surface area contributed by atoms with Crippen molar-refractivity contribution >= 4 is 12.2 Å². The molecule has 0 fully saturated rings. The van der Waals surface area contributed by atoms with Crippen molar-refractivity contribution in [2.75, 3.05) is 0 Å². The van der Waals surface area contributed by atoms with E-state index in [1.54, 1.807) is 12.1 Å². The van der Waals surface area contributed by atoms with Gasteiger partial charge in [0.2, 0.25) is 5.96 Å². The second-order valence-corrected chi connectivity index (χ2v) is 4.21. The summed E-state index contributed by atoms with van der Waals surface area (Å²) in [6.45, 7) is 0.285. The number of halogens is 1. The van der Waals surface area contributed by atoms with Gasteiger partial charge in [0, 0.05) is 11.6 Å².